The van der Waals surface area contributed by atoms with Crippen LogP contribution in [0.1, 0.15) is 61.0 Å². The molecule has 3 nitrogen and oxygen atoms in total. The molecule has 3 heteroatoms. The van der Waals surface area contributed by atoms with Crippen LogP contribution < -0.4 is 10.6 Å². The normalized spacial score (nSPS) is 20.6. The summed E-state index contributed by atoms with van der Waals surface area (Å²) in [6.45, 7) is 4.19. The van der Waals surface area contributed by atoms with Crippen LogP contribution in [0.4, 0.5) is 5.69 Å². The van der Waals surface area contributed by atoms with E-state index in [1.807, 2.05) is 0 Å². The highest BCUT2D eigenvalue weighted by atomic mass is 15.4. The minimum Gasteiger partial charge on any atom is -0.327 e. The summed E-state index contributed by atoms with van der Waals surface area (Å²) in [5.41, 5.74) is 15.5. The smallest absolute Gasteiger partial charge is 0.154 e. The molecular formula is C40H39N3. The minimum absolute atomic E-state index is 0.0163. The monoisotopic (exact) mass is 561 g/mol. The van der Waals surface area contributed by atoms with Crippen LogP contribution in [0.15, 0.2) is 126 Å². The summed E-state index contributed by atoms with van der Waals surface area (Å²) in [5, 5.41) is 2.65. The maximum Gasteiger partial charge on any atom is 0.154 e. The van der Waals surface area contributed by atoms with Crippen LogP contribution in [-0.4, -0.2) is 11.9 Å². The first-order chi connectivity index (χ1) is 21.1. The van der Waals surface area contributed by atoms with E-state index in [1.165, 1.54) is 49.8 Å². The molecule has 4 unspecified atom stereocenters. The van der Waals surface area contributed by atoms with E-state index in [0.29, 0.717) is 0 Å². The van der Waals surface area contributed by atoms with Gasteiger partial charge in [-0.2, -0.15) is 0 Å². The number of aliphatic imine (C=N–C) groups is 1. The molecule has 1 aliphatic heterocycles. The average molecular weight is 562 g/mol. The first-order valence-corrected chi connectivity index (χ1v) is 15.6. The largest absolute Gasteiger partial charge is 0.327 e. The highest BCUT2D eigenvalue weighted by molar-refractivity contribution is 6.06. The van der Waals surface area contributed by atoms with Crippen LogP contribution in [-0.2, 0) is 6.42 Å². The third-order valence-corrected chi connectivity index (χ3v) is 9.13. The molecule has 3 aliphatic rings. The van der Waals surface area contributed by atoms with Crippen molar-refractivity contribution >= 4 is 28.4 Å². The molecule has 7 rings (SSSR count). The summed E-state index contributed by atoms with van der Waals surface area (Å²) in [6.07, 6.45) is 20.8. The molecule has 4 atom stereocenters. The maximum absolute atomic E-state index is 6.62. The van der Waals surface area contributed by atoms with Crippen molar-refractivity contribution in [1.29, 1.82) is 0 Å². The van der Waals surface area contributed by atoms with Gasteiger partial charge in [0.05, 0.1) is 0 Å². The summed E-state index contributed by atoms with van der Waals surface area (Å²) in [4.78, 5) is 7.63. The third-order valence-electron chi connectivity index (χ3n) is 9.13. The van der Waals surface area contributed by atoms with E-state index in [1.54, 1.807) is 0 Å². The van der Waals surface area contributed by atoms with Crippen molar-refractivity contribution in [3.05, 3.63) is 144 Å². The predicted molar refractivity (Wildman–Crippen MR) is 183 cm³/mol. The Morgan fingerprint density at radius 3 is 2.63 bits per heavy atom. The Morgan fingerprint density at radius 1 is 0.953 bits per heavy atom. The van der Waals surface area contributed by atoms with Gasteiger partial charge in [-0.3, -0.25) is 0 Å². The average Bonchev–Trinajstić information content (AvgIpc) is 3.04. The van der Waals surface area contributed by atoms with Gasteiger partial charge in [0.15, 0.2) is 6.17 Å². The Hall–Kier alpha value is -4.47. The number of fused-ring (bicyclic) bond motifs is 3. The first-order valence-electron chi connectivity index (χ1n) is 15.6. The van der Waals surface area contributed by atoms with E-state index >= 15 is 0 Å². The second-order valence-electron chi connectivity index (χ2n) is 12.0. The zero-order valence-electron chi connectivity index (χ0n) is 25.0. The predicted octanol–water partition coefficient (Wildman–Crippen LogP) is 9.52. The number of anilines is 1. The van der Waals surface area contributed by atoms with Crippen LogP contribution in [0.3, 0.4) is 0 Å². The Bertz CT molecular complexity index is 1800. The Morgan fingerprint density at radius 2 is 1.84 bits per heavy atom. The molecule has 0 saturated carbocycles. The van der Waals surface area contributed by atoms with Crippen LogP contribution in [0, 0.1) is 5.92 Å². The number of hydrogen-bond donors (Lipinski definition) is 1. The van der Waals surface area contributed by atoms with E-state index in [4.69, 9.17) is 10.7 Å². The van der Waals surface area contributed by atoms with Crippen molar-refractivity contribution in [2.24, 2.45) is 16.6 Å². The van der Waals surface area contributed by atoms with E-state index in [-0.39, 0.29) is 24.0 Å². The van der Waals surface area contributed by atoms with Gasteiger partial charge in [-0.15, -0.1) is 0 Å². The zero-order chi connectivity index (χ0) is 29.3. The Balaban J connectivity index is 1.38. The van der Waals surface area contributed by atoms with Crippen LogP contribution in [0.2, 0.25) is 0 Å². The lowest BCUT2D eigenvalue weighted by molar-refractivity contribution is 0.639. The number of aryl methyl sites for hydroxylation is 1. The van der Waals surface area contributed by atoms with Crippen molar-refractivity contribution in [2.75, 3.05) is 4.90 Å². The number of amidine groups is 1. The second-order valence-corrected chi connectivity index (χ2v) is 12.0. The highest BCUT2D eigenvalue weighted by Crippen LogP contribution is 2.43. The third kappa shape index (κ3) is 5.08. The van der Waals surface area contributed by atoms with E-state index < -0.39 is 0 Å². The van der Waals surface area contributed by atoms with Crippen molar-refractivity contribution in [1.82, 2.24) is 0 Å². The lowest BCUT2D eigenvalue weighted by atomic mass is 9.84. The van der Waals surface area contributed by atoms with Gasteiger partial charge in [-0.05, 0) is 95.5 Å². The molecule has 2 aliphatic carbocycles. The molecule has 43 heavy (non-hydrogen) atoms. The number of nitrogens with two attached hydrogens (primary N) is 1. The molecule has 1 heterocycles. The quantitative estimate of drug-likeness (QED) is 0.228. The summed E-state index contributed by atoms with van der Waals surface area (Å²) >= 11 is 0. The van der Waals surface area contributed by atoms with Crippen molar-refractivity contribution in [3.8, 4) is 11.1 Å². The zero-order valence-corrected chi connectivity index (χ0v) is 25.0. The fraction of sp³-hybridized carbons (Fsp3) is 0.225. The molecule has 2 N–H and O–H groups in total. The summed E-state index contributed by atoms with van der Waals surface area (Å²) in [5.74, 6) is 1.51. The van der Waals surface area contributed by atoms with E-state index in [2.05, 4.69) is 146 Å². The van der Waals surface area contributed by atoms with Crippen LogP contribution in [0.5, 0.6) is 0 Å². The van der Waals surface area contributed by atoms with Gasteiger partial charge in [0.2, 0.25) is 0 Å². The molecule has 0 aromatic heterocycles. The van der Waals surface area contributed by atoms with Crippen molar-refractivity contribution in [3.63, 3.8) is 0 Å². The number of hydrogen-bond acceptors (Lipinski definition) is 3. The summed E-state index contributed by atoms with van der Waals surface area (Å²) in [6, 6.07) is 29.1. The molecule has 0 radical (unpaired) electrons. The van der Waals surface area contributed by atoms with Crippen LogP contribution in [0.25, 0.3) is 28.0 Å². The number of rotatable bonds is 7. The molecule has 0 amide bonds. The SMILES string of the molecule is C/C=C\C(c1ccc(N2C(C3C=CC=CC3)=NC2c2ccccc2)cc1-c1ccc2c3c(ccc2c1)C=CCC3)C(C)N. The topological polar surface area (TPSA) is 41.6 Å². The Kier molecular flexibility index (Phi) is 7.42. The van der Waals surface area contributed by atoms with Gasteiger partial charge in [-0.1, -0.05) is 109 Å². The Labute approximate surface area is 255 Å². The van der Waals surface area contributed by atoms with Gasteiger partial charge in [0, 0.05) is 23.6 Å². The lowest BCUT2D eigenvalue weighted by Crippen LogP contribution is -2.46. The van der Waals surface area contributed by atoms with Crippen LogP contribution >= 0.6 is 0 Å². The fourth-order valence-electron chi connectivity index (χ4n) is 6.94. The van der Waals surface area contributed by atoms with Gasteiger partial charge >= 0.3 is 0 Å². The minimum atomic E-state index is -0.0369. The number of allylic oxidation sites excluding steroid dienone is 5. The molecule has 0 saturated heterocycles. The number of benzene rings is 4. The van der Waals surface area contributed by atoms with E-state index in [9.17, 15) is 0 Å². The summed E-state index contributed by atoms with van der Waals surface area (Å²) < 4.78 is 0. The van der Waals surface area contributed by atoms with Gasteiger partial charge in [-0.25, -0.2) is 4.99 Å². The molecule has 4 aromatic carbocycles. The fourth-order valence-corrected chi connectivity index (χ4v) is 6.94. The molecule has 0 spiro atoms. The van der Waals surface area contributed by atoms with Gasteiger partial charge in [0.1, 0.15) is 5.84 Å². The number of nitrogens with zero attached hydrogens (tertiary/aromatic N) is 2. The molecular weight excluding hydrogens is 522 g/mol. The maximum atomic E-state index is 6.62. The molecule has 0 fully saturated rings. The van der Waals surface area contributed by atoms with E-state index in [0.717, 1.165) is 25.1 Å². The first kappa shape index (κ1) is 27.4. The van der Waals surface area contributed by atoms with Crippen molar-refractivity contribution in [2.45, 2.75) is 51.2 Å². The van der Waals surface area contributed by atoms with Crippen molar-refractivity contribution < 1.29 is 0 Å². The van der Waals surface area contributed by atoms with Gasteiger partial charge in [0.25, 0.3) is 0 Å². The molecule has 214 valence electrons. The second kappa shape index (κ2) is 11.7. The lowest BCUT2D eigenvalue weighted by Gasteiger charge is -2.43. The molecule has 0 bridgehead atoms. The summed E-state index contributed by atoms with van der Waals surface area (Å²) in [7, 11) is 0. The standard InChI is InChI=1S/C40H39N3/c1-3-12-34(27(2)41)37-24-22-33(43-39(29-14-6-4-7-15-29)42-40(43)30-16-8-5-9-17-30)26-38(37)32-21-23-36-31(25-32)20-19-28-13-10-11-18-35(28)36/h3-10,12-16,19-27,30,34,39H,11,17-18,41H2,1-2H3/b12-3-. The van der Waals surface area contributed by atoms with Gasteiger partial charge < -0.3 is 10.6 Å². The molecule has 4 aromatic rings. The highest BCUT2D eigenvalue weighted by Gasteiger charge is 2.37.